The Morgan fingerprint density at radius 3 is 2.55 bits per heavy atom. The maximum absolute atomic E-state index is 12.2. The monoisotopic (exact) mass is 310 g/mol. The number of carboxylic acids is 1. The van der Waals surface area contributed by atoms with E-state index < -0.39 is 22.3 Å². The first-order chi connectivity index (χ1) is 10.2. The van der Waals surface area contributed by atoms with Crippen LogP contribution in [0.5, 0.6) is 5.75 Å². The van der Waals surface area contributed by atoms with E-state index in [-0.39, 0.29) is 29.8 Å². The molecule has 0 fully saturated rings. The van der Waals surface area contributed by atoms with E-state index in [2.05, 4.69) is 5.32 Å². The van der Waals surface area contributed by atoms with Gasteiger partial charge >= 0.3 is 11.7 Å². The topological polar surface area (TPSA) is 119 Å². The van der Waals surface area contributed by atoms with Gasteiger partial charge in [-0.1, -0.05) is 0 Å². The summed E-state index contributed by atoms with van der Waals surface area (Å²) in [6.07, 6.45) is 0.190. The predicted molar refractivity (Wildman–Crippen MR) is 78.1 cm³/mol. The molecule has 0 unspecified atom stereocenters. The molecule has 0 bridgehead atoms. The van der Waals surface area contributed by atoms with Crippen LogP contribution in [0.3, 0.4) is 0 Å². The molecule has 1 aromatic carbocycles. The van der Waals surface area contributed by atoms with Crippen LogP contribution in [0.25, 0.3) is 0 Å². The number of carbonyl (C=O) groups is 2. The normalized spacial score (nSPS) is 10.9. The fraction of sp³-hybridized carbons (Fsp3) is 0.429. The average molecular weight is 310 g/mol. The first-order valence-electron chi connectivity index (χ1n) is 6.53. The van der Waals surface area contributed by atoms with Crippen molar-refractivity contribution in [2.24, 2.45) is 0 Å². The van der Waals surface area contributed by atoms with Crippen LogP contribution in [0.15, 0.2) is 18.2 Å². The van der Waals surface area contributed by atoms with Crippen LogP contribution in [-0.2, 0) is 4.79 Å². The lowest BCUT2D eigenvalue weighted by Crippen LogP contribution is -2.43. The number of nitro groups is 1. The van der Waals surface area contributed by atoms with Gasteiger partial charge in [-0.3, -0.25) is 19.7 Å². The molecule has 0 atom stereocenters. The highest BCUT2D eigenvalue weighted by Gasteiger charge is 2.24. The molecule has 0 saturated heterocycles. The Balaban J connectivity index is 2.89. The van der Waals surface area contributed by atoms with Gasteiger partial charge in [0.2, 0.25) is 0 Å². The molecule has 0 aliphatic heterocycles. The number of rotatable bonds is 7. The van der Waals surface area contributed by atoms with Gasteiger partial charge in [-0.05, 0) is 26.3 Å². The van der Waals surface area contributed by atoms with Crippen LogP contribution in [0.4, 0.5) is 5.69 Å². The highest BCUT2D eigenvalue weighted by Crippen LogP contribution is 2.27. The number of carboxylic acid groups (broad SMARTS) is 1. The average Bonchev–Trinajstić information content (AvgIpc) is 2.44. The van der Waals surface area contributed by atoms with Crippen molar-refractivity contribution in [2.75, 3.05) is 7.11 Å². The molecule has 22 heavy (non-hydrogen) atoms. The minimum absolute atomic E-state index is 0.0130. The SMILES string of the molecule is COc1cc(C(=O)NC(C)(C)CCC(=O)O)ccc1[N+](=O)[O-]. The molecule has 0 aromatic heterocycles. The molecule has 1 rings (SSSR count). The maximum atomic E-state index is 12.2. The Hall–Kier alpha value is -2.64. The van der Waals surface area contributed by atoms with E-state index in [4.69, 9.17) is 9.84 Å². The fourth-order valence-corrected chi connectivity index (χ4v) is 1.83. The molecule has 2 N–H and O–H groups in total. The quantitative estimate of drug-likeness (QED) is 0.587. The Morgan fingerprint density at radius 1 is 1.41 bits per heavy atom. The maximum Gasteiger partial charge on any atom is 0.310 e. The molecule has 0 aliphatic carbocycles. The number of carbonyl (C=O) groups excluding carboxylic acids is 1. The molecule has 0 spiro atoms. The second-order valence-corrected chi connectivity index (χ2v) is 5.38. The van der Waals surface area contributed by atoms with E-state index in [1.54, 1.807) is 13.8 Å². The van der Waals surface area contributed by atoms with Gasteiger partial charge in [0.25, 0.3) is 5.91 Å². The van der Waals surface area contributed by atoms with Crippen molar-refractivity contribution in [3.8, 4) is 5.75 Å². The number of nitrogens with one attached hydrogen (secondary N) is 1. The fourth-order valence-electron chi connectivity index (χ4n) is 1.83. The van der Waals surface area contributed by atoms with E-state index in [1.807, 2.05) is 0 Å². The molecule has 8 nitrogen and oxygen atoms in total. The molecule has 0 heterocycles. The lowest BCUT2D eigenvalue weighted by Gasteiger charge is -2.25. The Labute approximate surface area is 127 Å². The van der Waals surface area contributed by atoms with Crippen molar-refractivity contribution < 1.29 is 24.4 Å². The number of benzene rings is 1. The number of aliphatic carboxylic acids is 1. The van der Waals surface area contributed by atoms with Gasteiger partial charge in [0.1, 0.15) is 0 Å². The summed E-state index contributed by atoms with van der Waals surface area (Å²) >= 11 is 0. The number of nitrogens with zero attached hydrogens (tertiary/aromatic N) is 1. The van der Waals surface area contributed by atoms with Crippen molar-refractivity contribution in [3.63, 3.8) is 0 Å². The third-order valence-electron chi connectivity index (χ3n) is 3.05. The van der Waals surface area contributed by atoms with Gasteiger partial charge in [-0.25, -0.2) is 0 Å². The number of ether oxygens (including phenoxy) is 1. The minimum Gasteiger partial charge on any atom is -0.490 e. The van der Waals surface area contributed by atoms with Crippen LogP contribution in [-0.4, -0.2) is 34.6 Å². The summed E-state index contributed by atoms with van der Waals surface area (Å²) in [7, 11) is 1.28. The van der Waals surface area contributed by atoms with Crippen molar-refractivity contribution in [1.82, 2.24) is 5.32 Å². The van der Waals surface area contributed by atoms with Gasteiger partial charge in [0.15, 0.2) is 5.75 Å². The van der Waals surface area contributed by atoms with Gasteiger partial charge in [0.05, 0.1) is 12.0 Å². The molecule has 1 amide bonds. The smallest absolute Gasteiger partial charge is 0.310 e. The molecular formula is C14H18N2O6. The summed E-state index contributed by atoms with van der Waals surface area (Å²) in [5, 5.41) is 22.2. The Kier molecular flexibility index (Phi) is 5.44. The number of hydrogen-bond donors (Lipinski definition) is 2. The first kappa shape index (κ1) is 17.4. The van der Waals surface area contributed by atoms with Crippen molar-refractivity contribution in [3.05, 3.63) is 33.9 Å². The third kappa shape index (κ3) is 4.72. The molecular weight excluding hydrogens is 292 g/mol. The van der Waals surface area contributed by atoms with Gasteiger partial charge in [-0.2, -0.15) is 0 Å². The first-order valence-corrected chi connectivity index (χ1v) is 6.53. The third-order valence-corrected chi connectivity index (χ3v) is 3.05. The zero-order valence-corrected chi connectivity index (χ0v) is 12.6. The summed E-state index contributed by atoms with van der Waals surface area (Å²) in [5.41, 5.74) is -0.750. The van der Waals surface area contributed by atoms with E-state index in [9.17, 15) is 19.7 Å². The van der Waals surface area contributed by atoms with Gasteiger partial charge < -0.3 is 15.2 Å². The van der Waals surface area contributed by atoms with Crippen LogP contribution >= 0.6 is 0 Å². The predicted octanol–water partition coefficient (Wildman–Crippen LogP) is 1.98. The zero-order chi connectivity index (χ0) is 16.9. The number of methoxy groups -OCH3 is 1. The zero-order valence-electron chi connectivity index (χ0n) is 12.6. The lowest BCUT2D eigenvalue weighted by atomic mass is 9.97. The molecule has 0 saturated carbocycles. The van der Waals surface area contributed by atoms with E-state index in [1.165, 1.54) is 25.3 Å². The minimum atomic E-state index is -0.945. The molecule has 1 aromatic rings. The number of amides is 1. The van der Waals surface area contributed by atoms with Crippen LogP contribution in [0.1, 0.15) is 37.0 Å². The second kappa shape index (κ2) is 6.88. The molecule has 0 radical (unpaired) electrons. The summed E-state index contributed by atoms with van der Waals surface area (Å²) in [5.74, 6) is -1.41. The Morgan fingerprint density at radius 2 is 2.05 bits per heavy atom. The molecule has 0 aliphatic rings. The summed E-state index contributed by atoms with van der Waals surface area (Å²) in [6.45, 7) is 3.41. The van der Waals surface area contributed by atoms with Gasteiger partial charge in [-0.15, -0.1) is 0 Å². The van der Waals surface area contributed by atoms with E-state index in [0.717, 1.165) is 0 Å². The Bertz CT molecular complexity index is 597. The van der Waals surface area contributed by atoms with Crippen molar-refractivity contribution in [1.29, 1.82) is 0 Å². The van der Waals surface area contributed by atoms with Gasteiger partial charge in [0, 0.05) is 29.7 Å². The van der Waals surface area contributed by atoms with Crippen LogP contribution < -0.4 is 10.1 Å². The summed E-state index contributed by atoms with van der Waals surface area (Å²) in [4.78, 5) is 33.0. The van der Waals surface area contributed by atoms with E-state index >= 15 is 0 Å². The second-order valence-electron chi connectivity index (χ2n) is 5.38. The molecule has 8 heteroatoms. The lowest BCUT2D eigenvalue weighted by molar-refractivity contribution is -0.385. The van der Waals surface area contributed by atoms with Crippen molar-refractivity contribution in [2.45, 2.75) is 32.2 Å². The summed E-state index contributed by atoms with van der Waals surface area (Å²) in [6, 6.07) is 3.79. The molecule has 120 valence electrons. The van der Waals surface area contributed by atoms with Crippen LogP contribution in [0, 0.1) is 10.1 Å². The number of hydrogen-bond acceptors (Lipinski definition) is 5. The standard InChI is InChI=1S/C14H18N2O6/c1-14(2,7-6-12(17)18)15-13(19)9-4-5-10(16(20)21)11(8-9)22-3/h4-5,8H,6-7H2,1-3H3,(H,15,19)(H,17,18). The van der Waals surface area contributed by atoms with Crippen LogP contribution in [0.2, 0.25) is 0 Å². The van der Waals surface area contributed by atoms with E-state index in [0.29, 0.717) is 0 Å². The highest BCUT2D eigenvalue weighted by atomic mass is 16.6. The largest absolute Gasteiger partial charge is 0.490 e. The number of nitro benzene ring substituents is 1. The summed E-state index contributed by atoms with van der Waals surface area (Å²) < 4.78 is 4.91. The highest BCUT2D eigenvalue weighted by molar-refractivity contribution is 5.95. The van der Waals surface area contributed by atoms with Crippen molar-refractivity contribution >= 4 is 17.6 Å².